The second kappa shape index (κ2) is 7.31. The molecule has 2 aromatic carbocycles. The molecule has 0 spiro atoms. The van der Waals surface area contributed by atoms with Crippen molar-refractivity contribution in [1.82, 2.24) is 20.2 Å². The predicted molar refractivity (Wildman–Crippen MR) is 94.3 cm³/mol. The summed E-state index contributed by atoms with van der Waals surface area (Å²) in [6, 6.07) is 12.8. The topological polar surface area (TPSA) is 92.9 Å². The van der Waals surface area contributed by atoms with E-state index >= 15 is 0 Å². The Morgan fingerprint density at radius 1 is 1.28 bits per heavy atom. The third kappa shape index (κ3) is 3.95. The number of anilines is 1. The lowest BCUT2D eigenvalue weighted by atomic mass is 10.2. The van der Waals surface area contributed by atoms with Gasteiger partial charge in [-0.1, -0.05) is 24.6 Å². The molecule has 25 heavy (non-hydrogen) atoms. The quantitative estimate of drug-likeness (QED) is 0.730. The number of phenols is 1. The van der Waals surface area contributed by atoms with Crippen LogP contribution >= 0.6 is 11.6 Å². The van der Waals surface area contributed by atoms with Gasteiger partial charge in [0.2, 0.25) is 5.82 Å². The van der Waals surface area contributed by atoms with Crippen molar-refractivity contribution in [3.05, 3.63) is 53.6 Å². The predicted octanol–water partition coefficient (Wildman–Crippen LogP) is 3.29. The first-order chi connectivity index (χ1) is 12.1. The Balaban J connectivity index is 1.79. The Bertz CT molecular complexity index is 879. The number of hydrogen-bond acceptors (Lipinski definition) is 5. The molecule has 0 fully saturated rings. The maximum atomic E-state index is 12.5. The van der Waals surface area contributed by atoms with Crippen LogP contribution in [0.2, 0.25) is 5.02 Å². The monoisotopic (exact) mass is 357 g/mol. The van der Waals surface area contributed by atoms with Crippen LogP contribution in [0.25, 0.3) is 11.4 Å². The van der Waals surface area contributed by atoms with E-state index in [2.05, 4.69) is 20.7 Å². The van der Waals surface area contributed by atoms with Crippen molar-refractivity contribution in [1.29, 1.82) is 0 Å². The highest BCUT2D eigenvalue weighted by atomic mass is 35.5. The number of benzene rings is 2. The Labute approximate surface area is 149 Å². The summed E-state index contributed by atoms with van der Waals surface area (Å²) in [4.78, 5) is 13.8. The highest BCUT2D eigenvalue weighted by Crippen LogP contribution is 2.20. The van der Waals surface area contributed by atoms with Gasteiger partial charge in [0.1, 0.15) is 5.75 Å². The molecule has 0 radical (unpaired) electrons. The number of amides is 1. The summed E-state index contributed by atoms with van der Waals surface area (Å²) < 4.78 is 0. The lowest BCUT2D eigenvalue weighted by Gasteiger charge is -2.13. The van der Waals surface area contributed by atoms with E-state index in [1.54, 1.807) is 36.4 Å². The van der Waals surface area contributed by atoms with E-state index in [-0.39, 0.29) is 11.7 Å². The standard InChI is InChI=1S/C17H16ClN5O2/c1-2-15(17(25)19-13-4-3-5-14(24)10-13)23-21-16(20-22-23)11-6-8-12(18)9-7-11/h3-10,15,24H,2H2,1H3,(H,19,25)/t15-/m0/s1. The van der Waals surface area contributed by atoms with Gasteiger partial charge in [-0.25, -0.2) is 0 Å². The number of nitrogens with zero attached hydrogens (tertiary/aromatic N) is 4. The molecule has 0 saturated heterocycles. The van der Waals surface area contributed by atoms with Crippen LogP contribution in [0, 0.1) is 0 Å². The van der Waals surface area contributed by atoms with Crippen LogP contribution in [0.3, 0.4) is 0 Å². The minimum atomic E-state index is -0.615. The largest absolute Gasteiger partial charge is 0.508 e. The van der Waals surface area contributed by atoms with Gasteiger partial charge in [0.05, 0.1) is 0 Å². The molecule has 0 unspecified atom stereocenters. The number of carbonyl (C=O) groups excluding carboxylic acids is 1. The van der Waals surface area contributed by atoms with Crippen LogP contribution in [0.4, 0.5) is 5.69 Å². The zero-order valence-corrected chi connectivity index (χ0v) is 14.2. The molecule has 1 atom stereocenters. The van der Waals surface area contributed by atoms with Gasteiger partial charge in [-0.3, -0.25) is 4.79 Å². The fourth-order valence-electron chi connectivity index (χ4n) is 2.33. The molecule has 1 heterocycles. The Morgan fingerprint density at radius 3 is 2.72 bits per heavy atom. The van der Waals surface area contributed by atoms with Gasteiger partial charge in [-0.15, -0.1) is 10.2 Å². The van der Waals surface area contributed by atoms with Crippen molar-refractivity contribution in [2.75, 3.05) is 5.32 Å². The van der Waals surface area contributed by atoms with Gasteiger partial charge in [-0.2, -0.15) is 4.80 Å². The van der Waals surface area contributed by atoms with Crippen LogP contribution in [-0.2, 0) is 4.79 Å². The second-order valence-electron chi connectivity index (χ2n) is 5.40. The Morgan fingerprint density at radius 2 is 2.04 bits per heavy atom. The van der Waals surface area contributed by atoms with E-state index in [1.807, 2.05) is 6.92 Å². The molecule has 128 valence electrons. The summed E-state index contributed by atoms with van der Waals surface area (Å²) in [6.07, 6.45) is 0.487. The summed E-state index contributed by atoms with van der Waals surface area (Å²) >= 11 is 5.87. The second-order valence-corrected chi connectivity index (χ2v) is 5.84. The number of rotatable bonds is 5. The van der Waals surface area contributed by atoms with Gasteiger partial charge in [-0.05, 0) is 48.0 Å². The first kappa shape index (κ1) is 16.9. The summed E-state index contributed by atoms with van der Waals surface area (Å²) in [7, 11) is 0. The molecule has 0 aliphatic carbocycles. The third-order valence-corrected chi connectivity index (χ3v) is 3.86. The average Bonchev–Trinajstić information content (AvgIpc) is 3.06. The van der Waals surface area contributed by atoms with Gasteiger partial charge in [0, 0.05) is 22.3 Å². The SMILES string of the molecule is CC[C@@H](C(=O)Nc1cccc(O)c1)n1nnc(-c2ccc(Cl)cc2)n1. The van der Waals surface area contributed by atoms with Gasteiger partial charge in [0.15, 0.2) is 6.04 Å². The van der Waals surface area contributed by atoms with E-state index < -0.39 is 6.04 Å². The van der Waals surface area contributed by atoms with Gasteiger partial charge >= 0.3 is 0 Å². The lowest BCUT2D eigenvalue weighted by Crippen LogP contribution is -2.27. The number of carbonyl (C=O) groups is 1. The number of halogens is 1. The molecule has 8 heteroatoms. The number of hydrogen-bond donors (Lipinski definition) is 2. The molecule has 2 N–H and O–H groups in total. The zero-order chi connectivity index (χ0) is 17.8. The number of tetrazole rings is 1. The van der Waals surface area contributed by atoms with Crippen LogP contribution in [0.1, 0.15) is 19.4 Å². The van der Waals surface area contributed by atoms with Crippen LogP contribution < -0.4 is 5.32 Å². The fourth-order valence-corrected chi connectivity index (χ4v) is 2.46. The third-order valence-electron chi connectivity index (χ3n) is 3.61. The summed E-state index contributed by atoms with van der Waals surface area (Å²) in [5.41, 5.74) is 1.26. The first-order valence-corrected chi connectivity index (χ1v) is 8.10. The average molecular weight is 358 g/mol. The van der Waals surface area contributed by atoms with E-state index in [4.69, 9.17) is 11.6 Å². The minimum Gasteiger partial charge on any atom is -0.508 e. The van der Waals surface area contributed by atoms with Crippen molar-refractivity contribution in [2.45, 2.75) is 19.4 Å². The van der Waals surface area contributed by atoms with Crippen molar-refractivity contribution >= 4 is 23.2 Å². The smallest absolute Gasteiger partial charge is 0.251 e. The Hall–Kier alpha value is -2.93. The maximum absolute atomic E-state index is 12.5. The van der Waals surface area contributed by atoms with Gasteiger partial charge < -0.3 is 10.4 Å². The molecule has 0 aliphatic heterocycles. The molecule has 1 amide bonds. The first-order valence-electron chi connectivity index (χ1n) is 7.72. The lowest BCUT2D eigenvalue weighted by molar-refractivity contribution is -0.119. The van der Waals surface area contributed by atoms with Gasteiger partial charge in [0.25, 0.3) is 5.91 Å². The number of nitrogens with one attached hydrogen (secondary N) is 1. The summed E-state index contributed by atoms with van der Waals surface area (Å²) in [5.74, 6) is 0.211. The van der Waals surface area contributed by atoms with E-state index in [1.165, 1.54) is 16.9 Å². The van der Waals surface area contributed by atoms with Crippen molar-refractivity contribution in [3.8, 4) is 17.1 Å². The molecule has 0 aliphatic rings. The highest BCUT2D eigenvalue weighted by Gasteiger charge is 2.22. The van der Waals surface area contributed by atoms with E-state index in [0.717, 1.165) is 5.56 Å². The van der Waals surface area contributed by atoms with Crippen molar-refractivity contribution < 1.29 is 9.90 Å². The van der Waals surface area contributed by atoms with Crippen molar-refractivity contribution in [3.63, 3.8) is 0 Å². The number of phenolic OH excluding ortho intramolecular Hbond substituents is 1. The molecule has 0 saturated carbocycles. The summed E-state index contributed by atoms with van der Waals surface area (Å²) in [5, 5.41) is 25.2. The molecule has 0 bridgehead atoms. The summed E-state index contributed by atoms with van der Waals surface area (Å²) in [6.45, 7) is 1.86. The maximum Gasteiger partial charge on any atom is 0.251 e. The van der Waals surface area contributed by atoms with Crippen LogP contribution in [0.5, 0.6) is 5.75 Å². The molecular weight excluding hydrogens is 342 g/mol. The van der Waals surface area contributed by atoms with E-state index in [0.29, 0.717) is 23.0 Å². The molecular formula is C17H16ClN5O2. The fraction of sp³-hybridized carbons (Fsp3) is 0.176. The highest BCUT2D eigenvalue weighted by molar-refractivity contribution is 6.30. The molecule has 3 aromatic rings. The molecule has 7 nitrogen and oxygen atoms in total. The molecule has 3 rings (SSSR count). The van der Waals surface area contributed by atoms with Crippen LogP contribution in [0.15, 0.2) is 48.5 Å². The molecule has 1 aromatic heterocycles. The van der Waals surface area contributed by atoms with Crippen molar-refractivity contribution in [2.24, 2.45) is 0 Å². The number of aromatic nitrogens is 4. The Kier molecular flexibility index (Phi) is 4.95. The normalized spacial score (nSPS) is 11.9. The minimum absolute atomic E-state index is 0.0785. The van der Waals surface area contributed by atoms with Crippen LogP contribution in [-0.4, -0.2) is 31.2 Å². The zero-order valence-electron chi connectivity index (χ0n) is 13.4. The van der Waals surface area contributed by atoms with E-state index in [9.17, 15) is 9.90 Å². The number of aromatic hydroxyl groups is 1.